The van der Waals surface area contributed by atoms with Crippen molar-refractivity contribution in [2.24, 2.45) is 0 Å². The van der Waals surface area contributed by atoms with Crippen molar-refractivity contribution in [2.75, 3.05) is 0 Å². The minimum Gasteiger partial charge on any atom is -0.274 e. The van der Waals surface area contributed by atoms with E-state index in [4.69, 9.17) is 5.26 Å². The van der Waals surface area contributed by atoms with Crippen molar-refractivity contribution in [3.63, 3.8) is 0 Å². The van der Waals surface area contributed by atoms with Gasteiger partial charge in [-0.2, -0.15) is 16.6 Å². The Labute approximate surface area is 133 Å². The Morgan fingerprint density at radius 2 is 2.14 bits per heavy atom. The van der Waals surface area contributed by atoms with Crippen LogP contribution in [0.1, 0.15) is 23.1 Å². The number of nitrogens with one attached hydrogen (secondary N) is 1. The molecule has 0 aliphatic rings. The van der Waals surface area contributed by atoms with Gasteiger partial charge in [0, 0.05) is 6.42 Å². The summed E-state index contributed by atoms with van der Waals surface area (Å²) in [5.74, 6) is -0.562. The Morgan fingerprint density at radius 1 is 1.36 bits per heavy atom. The van der Waals surface area contributed by atoms with Crippen molar-refractivity contribution < 1.29 is 13.2 Å². The van der Waals surface area contributed by atoms with Crippen LogP contribution in [0.5, 0.6) is 0 Å². The molecule has 0 unspecified atom stereocenters. The number of carbonyl (C=O) groups is 1. The molecule has 0 fully saturated rings. The van der Waals surface area contributed by atoms with E-state index in [9.17, 15) is 13.2 Å². The van der Waals surface area contributed by atoms with Crippen LogP contribution >= 0.6 is 11.3 Å². The van der Waals surface area contributed by atoms with Gasteiger partial charge in [0.25, 0.3) is 10.0 Å². The molecule has 1 aromatic heterocycles. The number of sulfonamides is 1. The Morgan fingerprint density at radius 3 is 2.77 bits per heavy atom. The Balaban J connectivity index is 2.10. The molecule has 0 spiro atoms. The van der Waals surface area contributed by atoms with Gasteiger partial charge in [0.15, 0.2) is 0 Å². The lowest BCUT2D eigenvalue weighted by Gasteiger charge is -2.09. The zero-order chi connectivity index (χ0) is 16.2. The summed E-state index contributed by atoms with van der Waals surface area (Å²) in [6.07, 6.45) is 0.578. The van der Waals surface area contributed by atoms with E-state index in [-0.39, 0.29) is 16.9 Å². The standard InChI is InChI=1S/C15H14N2O3S2/c1-11-2-3-13(9-16)8-14(11)22(19,20)17-15(18)5-4-12-6-7-21-10-12/h2-3,6-8,10H,4-5H2,1H3,(H,17,18). The fraction of sp³-hybridized carbons (Fsp3) is 0.200. The van der Waals surface area contributed by atoms with Crippen molar-refractivity contribution >= 4 is 27.3 Å². The van der Waals surface area contributed by atoms with Crippen molar-refractivity contribution in [2.45, 2.75) is 24.7 Å². The van der Waals surface area contributed by atoms with Gasteiger partial charge in [-0.25, -0.2) is 13.1 Å². The summed E-state index contributed by atoms with van der Waals surface area (Å²) in [6, 6.07) is 8.13. The third-order valence-electron chi connectivity index (χ3n) is 3.08. The lowest BCUT2D eigenvalue weighted by molar-refractivity contribution is -0.119. The topological polar surface area (TPSA) is 87.0 Å². The molecule has 0 radical (unpaired) electrons. The van der Waals surface area contributed by atoms with Gasteiger partial charge < -0.3 is 0 Å². The van der Waals surface area contributed by atoms with E-state index in [0.717, 1.165) is 5.56 Å². The van der Waals surface area contributed by atoms with Gasteiger partial charge in [-0.15, -0.1) is 0 Å². The molecule has 1 heterocycles. The number of rotatable bonds is 5. The Kier molecular flexibility index (Phi) is 4.96. The first kappa shape index (κ1) is 16.2. The van der Waals surface area contributed by atoms with Gasteiger partial charge in [0.05, 0.1) is 16.5 Å². The number of nitriles is 1. The molecule has 1 aromatic carbocycles. The molecule has 22 heavy (non-hydrogen) atoms. The largest absolute Gasteiger partial charge is 0.274 e. The third-order valence-corrected chi connectivity index (χ3v) is 5.32. The highest BCUT2D eigenvalue weighted by Gasteiger charge is 2.20. The maximum absolute atomic E-state index is 12.3. The molecule has 2 rings (SSSR count). The molecule has 0 aliphatic heterocycles. The summed E-state index contributed by atoms with van der Waals surface area (Å²) in [7, 11) is -3.96. The van der Waals surface area contributed by atoms with Crippen LogP contribution in [-0.2, 0) is 21.2 Å². The van der Waals surface area contributed by atoms with Crippen LogP contribution in [0.2, 0.25) is 0 Å². The zero-order valence-electron chi connectivity index (χ0n) is 11.9. The second-order valence-corrected chi connectivity index (χ2v) is 7.18. The number of hydrogen-bond donors (Lipinski definition) is 1. The van der Waals surface area contributed by atoms with E-state index in [2.05, 4.69) is 4.72 Å². The third kappa shape index (κ3) is 3.93. The molecule has 0 bridgehead atoms. The first-order chi connectivity index (χ1) is 10.4. The highest BCUT2D eigenvalue weighted by atomic mass is 32.2. The van der Waals surface area contributed by atoms with Crippen molar-refractivity contribution in [3.05, 3.63) is 51.7 Å². The second-order valence-electron chi connectivity index (χ2n) is 4.75. The Hall–Kier alpha value is -2.17. The van der Waals surface area contributed by atoms with Crippen LogP contribution in [0.25, 0.3) is 0 Å². The smallest absolute Gasteiger partial charge is 0.264 e. The number of thiophene rings is 1. The van der Waals surface area contributed by atoms with Crippen LogP contribution in [-0.4, -0.2) is 14.3 Å². The monoisotopic (exact) mass is 334 g/mol. The van der Waals surface area contributed by atoms with Gasteiger partial charge in [-0.05, 0) is 53.4 Å². The molecule has 0 saturated heterocycles. The van der Waals surface area contributed by atoms with E-state index in [0.29, 0.717) is 12.0 Å². The molecule has 1 N–H and O–H groups in total. The molecular formula is C15H14N2O3S2. The lowest BCUT2D eigenvalue weighted by atomic mass is 10.2. The molecule has 0 aliphatic carbocycles. The van der Waals surface area contributed by atoms with E-state index in [1.165, 1.54) is 23.5 Å². The van der Waals surface area contributed by atoms with Crippen molar-refractivity contribution in [1.29, 1.82) is 5.26 Å². The fourth-order valence-electron chi connectivity index (χ4n) is 1.91. The van der Waals surface area contributed by atoms with Crippen LogP contribution in [0, 0.1) is 18.3 Å². The molecule has 2 aromatic rings. The van der Waals surface area contributed by atoms with Gasteiger partial charge in [0.2, 0.25) is 5.91 Å². The highest BCUT2D eigenvalue weighted by Crippen LogP contribution is 2.17. The predicted molar refractivity (Wildman–Crippen MR) is 83.9 cm³/mol. The molecule has 0 saturated carbocycles. The fourth-order valence-corrected chi connectivity index (χ4v) is 3.90. The molecule has 0 atom stereocenters. The van der Waals surface area contributed by atoms with E-state index in [1.807, 2.05) is 22.9 Å². The molecular weight excluding hydrogens is 320 g/mol. The number of hydrogen-bond acceptors (Lipinski definition) is 5. The number of aryl methyl sites for hydroxylation is 2. The summed E-state index contributed by atoms with van der Waals surface area (Å²) >= 11 is 1.53. The number of amides is 1. The minimum atomic E-state index is -3.96. The van der Waals surface area contributed by atoms with E-state index in [1.54, 1.807) is 13.0 Å². The van der Waals surface area contributed by atoms with Crippen LogP contribution in [0.3, 0.4) is 0 Å². The molecule has 1 amide bonds. The molecule has 7 heteroatoms. The van der Waals surface area contributed by atoms with Crippen LogP contribution in [0.4, 0.5) is 0 Å². The van der Waals surface area contributed by atoms with Gasteiger partial charge in [-0.3, -0.25) is 4.79 Å². The number of nitrogens with zero attached hydrogens (tertiary/aromatic N) is 1. The first-order valence-corrected chi connectivity index (χ1v) is 8.92. The number of carbonyl (C=O) groups excluding carboxylic acids is 1. The molecule has 114 valence electrons. The maximum atomic E-state index is 12.3. The van der Waals surface area contributed by atoms with Crippen LogP contribution < -0.4 is 4.72 Å². The highest BCUT2D eigenvalue weighted by molar-refractivity contribution is 7.90. The maximum Gasteiger partial charge on any atom is 0.264 e. The normalized spacial score (nSPS) is 10.9. The van der Waals surface area contributed by atoms with Crippen molar-refractivity contribution in [3.8, 4) is 6.07 Å². The van der Waals surface area contributed by atoms with Gasteiger partial charge in [-0.1, -0.05) is 6.07 Å². The summed E-state index contributed by atoms with van der Waals surface area (Å²) in [5, 5.41) is 12.7. The number of benzene rings is 1. The zero-order valence-corrected chi connectivity index (χ0v) is 13.5. The quantitative estimate of drug-likeness (QED) is 0.909. The van der Waals surface area contributed by atoms with E-state index < -0.39 is 15.9 Å². The summed E-state index contributed by atoms with van der Waals surface area (Å²) in [4.78, 5) is 11.8. The summed E-state index contributed by atoms with van der Waals surface area (Å²) in [6.45, 7) is 1.62. The minimum absolute atomic E-state index is 0.0459. The average Bonchev–Trinajstić information content (AvgIpc) is 2.98. The average molecular weight is 334 g/mol. The van der Waals surface area contributed by atoms with Gasteiger partial charge >= 0.3 is 0 Å². The van der Waals surface area contributed by atoms with Crippen molar-refractivity contribution in [1.82, 2.24) is 4.72 Å². The van der Waals surface area contributed by atoms with Gasteiger partial charge in [0.1, 0.15) is 0 Å². The SMILES string of the molecule is Cc1ccc(C#N)cc1S(=O)(=O)NC(=O)CCc1ccsc1. The predicted octanol–water partition coefficient (Wildman–Crippen LogP) is 2.37. The second kappa shape index (κ2) is 6.73. The summed E-state index contributed by atoms with van der Waals surface area (Å²) in [5.41, 5.74) is 1.72. The summed E-state index contributed by atoms with van der Waals surface area (Å²) < 4.78 is 26.6. The lowest BCUT2D eigenvalue weighted by Crippen LogP contribution is -2.31. The van der Waals surface area contributed by atoms with Crippen LogP contribution in [0.15, 0.2) is 39.9 Å². The Bertz CT molecular complexity index is 819. The first-order valence-electron chi connectivity index (χ1n) is 6.50. The molecule has 5 nitrogen and oxygen atoms in total. The van der Waals surface area contributed by atoms with E-state index >= 15 is 0 Å².